The van der Waals surface area contributed by atoms with Crippen molar-refractivity contribution in [1.82, 2.24) is 15.1 Å². The molecule has 0 bridgehead atoms. The van der Waals surface area contributed by atoms with E-state index >= 15 is 0 Å². The second kappa shape index (κ2) is 8.44. The highest BCUT2D eigenvalue weighted by Gasteiger charge is 2.16. The van der Waals surface area contributed by atoms with Crippen molar-refractivity contribution in [2.45, 2.75) is 20.0 Å². The summed E-state index contributed by atoms with van der Waals surface area (Å²) in [4.78, 5) is 14.5. The summed E-state index contributed by atoms with van der Waals surface area (Å²) in [5.41, 5.74) is 2.08. The molecule has 0 aliphatic carbocycles. The summed E-state index contributed by atoms with van der Waals surface area (Å²) < 4.78 is 5.19. The van der Waals surface area contributed by atoms with Crippen LogP contribution in [0.3, 0.4) is 0 Å². The quantitative estimate of drug-likeness (QED) is 0.712. The number of methoxy groups -OCH3 is 1. The number of anilines is 1. The van der Waals surface area contributed by atoms with Gasteiger partial charge in [-0.15, -0.1) is 10.2 Å². The van der Waals surface area contributed by atoms with Crippen LogP contribution in [0.25, 0.3) is 0 Å². The molecule has 0 radical (unpaired) electrons. The van der Waals surface area contributed by atoms with Gasteiger partial charge in [-0.1, -0.05) is 53.8 Å². The molecule has 3 rings (SSSR count). The second-order valence-electron chi connectivity index (χ2n) is 5.75. The average Bonchev–Trinajstić information content (AvgIpc) is 3.07. The predicted octanol–water partition coefficient (Wildman–Crippen LogP) is 4.09. The Morgan fingerprint density at radius 1 is 1.04 bits per heavy atom. The van der Waals surface area contributed by atoms with Crippen LogP contribution in [0, 0.1) is 6.92 Å². The monoisotopic (exact) mass is 368 g/mol. The number of hydrogen-bond donors (Lipinski definition) is 1. The van der Waals surface area contributed by atoms with Gasteiger partial charge < -0.3 is 9.64 Å². The Hall–Kier alpha value is -2.93. The zero-order valence-electron chi connectivity index (χ0n) is 14.7. The highest BCUT2D eigenvalue weighted by molar-refractivity contribution is 7.15. The zero-order chi connectivity index (χ0) is 18.4. The molecule has 0 saturated carbocycles. The summed E-state index contributed by atoms with van der Waals surface area (Å²) in [5.74, 6) is 0.789. The van der Waals surface area contributed by atoms with Gasteiger partial charge in [0, 0.05) is 13.1 Å². The van der Waals surface area contributed by atoms with Crippen LogP contribution in [0.4, 0.5) is 9.93 Å². The number of hydrogen-bond acceptors (Lipinski definition) is 5. The Morgan fingerprint density at radius 2 is 1.69 bits per heavy atom. The Kier molecular flexibility index (Phi) is 5.80. The molecule has 0 fully saturated rings. The first-order valence-corrected chi connectivity index (χ1v) is 8.98. The van der Waals surface area contributed by atoms with Gasteiger partial charge >= 0.3 is 6.03 Å². The van der Waals surface area contributed by atoms with Gasteiger partial charge in [0.05, 0.1) is 7.11 Å². The Labute approximate surface area is 156 Å². The number of aromatic nitrogens is 2. The van der Waals surface area contributed by atoms with Crippen molar-refractivity contribution < 1.29 is 9.53 Å². The van der Waals surface area contributed by atoms with E-state index in [0.717, 1.165) is 21.9 Å². The van der Waals surface area contributed by atoms with Crippen LogP contribution in [0.1, 0.15) is 16.1 Å². The number of benzene rings is 2. The largest absolute Gasteiger partial charge is 0.497 e. The van der Waals surface area contributed by atoms with E-state index in [4.69, 9.17) is 4.74 Å². The molecule has 2 aromatic carbocycles. The van der Waals surface area contributed by atoms with Crippen molar-refractivity contribution >= 4 is 22.5 Å². The maximum atomic E-state index is 12.8. The van der Waals surface area contributed by atoms with Gasteiger partial charge in [0.15, 0.2) is 0 Å². The minimum absolute atomic E-state index is 0.208. The van der Waals surface area contributed by atoms with Gasteiger partial charge in [0.2, 0.25) is 5.13 Å². The van der Waals surface area contributed by atoms with E-state index < -0.39 is 0 Å². The Morgan fingerprint density at radius 3 is 2.27 bits per heavy atom. The van der Waals surface area contributed by atoms with Crippen molar-refractivity contribution in [3.63, 3.8) is 0 Å². The molecule has 26 heavy (non-hydrogen) atoms. The molecule has 2 amide bonds. The lowest BCUT2D eigenvalue weighted by Crippen LogP contribution is -2.34. The topological polar surface area (TPSA) is 67.3 Å². The lowest BCUT2D eigenvalue weighted by molar-refractivity contribution is 0.206. The molecular weight excluding hydrogens is 348 g/mol. The van der Waals surface area contributed by atoms with Crippen LogP contribution in [-0.2, 0) is 13.1 Å². The third kappa shape index (κ3) is 4.80. The maximum Gasteiger partial charge on any atom is 0.324 e. The fraction of sp³-hybridized carbons (Fsp3) is 0.211. The molecule has 134 valence electrons. The number of nitrogens with one attached hydrogen (secondary N) is 1. The molecule has 3 aromatic rings. The van der Waals surface area contributed by atoms with Gasteiger partial charge in [-0.3, -0.25) is 5.32 Å². The van der Waals surface area contributed by atoms with E-state index in [-0.39, 0.29) is 6.03 Å². The van der Waals surface area contributed by atoms with Crippen LogP contribution in [0.15, 0.2) is 54.6 Å². The number of urea groups is 1. The smallest absolute Gasteiger partial charge is 0.324 e. The number of nitrogens with zero attached hydrogens (tertiary/aromatic N) is 3. The molecule has 0 atom stereocenters. The maximum absolute atomic E-state index is 12.8. The van der Waals surface area contributed by atoms with Gasteiger partial charge in [-0.25, -0.2) is 4.79 Å². The highest BCUT2D eigenvalue weighted by atomic mass is 32.1. The lowest BCUT2D eigenvalue weighted by Gasteiger charge is -2.23. The van der Waals surface area contributed by atoms with E-state index in [1.807, 2.05) is 61.5 Å². The van der Waals surface area contributed by atoms with Crippen molar-refractivity contribution in [2.24, 2.45) is 0 Å². The summed E-state index contributed by atoms with van der Waals surface area (Å²) in [6, 6.07) is 17.4. The molecular formula is C19H20N4O2S. The van der Waals surface area contributed by atoms with Crippen LogP contribution in [0.5, 0.6) is 5.75 Å². The van der Waals surface area contributed by atoms with E-state index in [1.165, 1.54) is 11.3 Å². The number of ether oxygens (including phenoxy) is 1. The third-order valence-electron chi connectivity index (χ3n) is 3.78. The summed E-state index contributed by atoms with van der Waals surface area (Å²) in [7, 11) is 1.63. The molecule has 0 unspecified atom stereocenters. The van der Waals surface area contributed by atoms with E-state index in [2.05, 4.69) is 15.5 Å². The normalized spacial score (nSPS) is 10.4. The SMILES string of the molecule is COc1ccc(CN(Cc2ccccc2)C(=O)Nc2nnc(C)s2)cc1. The first-order chi connectivity index (χ1) is 12.6. The summed E-state index contributed by atoms with van der Waals surface area (Å²) in [5, 5.41) is 12.0. The van der Waals surface area contributed by atoms with Crippen molar-refractivity contribution in [2.75, 3.05) is 12.4 Å². The van der Waals surface area contributed by atoms with Gasteiger partial charge in [-0.05, 0) is 30.2 Å². The molecule has 0 aliphatic rings. The van der Waals surface area contributed by atoms with Crippen molar-refractivity contribution in [3.8, 4) is 5.75 Å². The van der Waals surface area contributed by atoms with E-state index in [0.29, 0.717) is 18.2 Å². The first-order valence-electron chi connectivity index (χ1n) is 8.17. The molecule has 1 N–H and O–H groups in total. The fourth-order valence-electron chi connectivity index (χ4n) is 2.47. The first kappa shape index (κ1) is 17.9. The molecule has 0 saturated heterocycles. The van der Waals surface area contributed by atoms with Crippen molar-refractivity contribution in [3.05, 3.63) is 70.7 Å². The van der Waals surface area contributed by atoms with Crippen LogP contribution >= 0.6 is 11.3 Å². The minimum Gasteiger partial charge on any atom is -0.497 e. The molecule has 7 heteroatoms. The summed E-state index contributed by atoms with van der Waals surface area (Å²) in [6.07, 6.45) is 0. The zero-order valence-corrected chi connectivity index (χ0v) is 15.5. The van der Waals surface area contributed by atoms with Crippen LogP contribution in [-0.4, -0.2) is 28.2 Å². The second-order valence-corrected chi connectivity index (χ2v) is 6.93. The average molecular weight is 368 g/mol. The van der Waals surface area contributed by atoms with E-state index in [9.17, 15) is 4.79 Å². The van der Waals surface area contributed by atoms with Crippen LogP contribution < -0.4 is 10.1 Å². The Bertz CT molecular complexity index is 849. The summed E-state index contributed by atoms with van der Waals surface area (Å²) >= 11 is 1.35. The minimum atomic E-state index is -0.208. The van der Waals surface area contributed by atoms with Gasteiger partial charge in [0.25, 0.3) is 0 Å². The highest BCUT2D eigenvalue weighted by Crippen LogP contribution is 2.18. The molecule has 0 aliphatic heterocycles. The lowest BCUT2D eigenvalue weighted by atomic mass is 10.1. The number of amides is 2. The number of rotatable bonds is 6. The predicted molar refractivity (Wildman–Crippen MR) is 102 cm³/mol. The fourth-order valence-corrected chi connectivity index (χ4v) is 3.05. The standard InChI is InChI=1S/C19H20N4O2S/c1-14-21-22-18(26-14)20-19(24)23(12-15-6-4-3-5-7-15)13-16-8-10-17(25-2)11-9-16/h3-11H,12-13H2,1-2H3,(H,20,22,24). The summed E-state index contributed by atoms with van der Waals surface area (Å²) in [6.45, 7) is 2.82. The number of carbonyl (C=O) groups excluding carboxylic acids is 1. The molecule has 6 nitrogen and oxygen atoms in total. The van der Waals surface area contributed by atoms with Gasteiger partial charge in [0.1, 0.15) is 10.8 Å². The molecule has 0 spiro atoms. The van der Waals surface area contributed by atoms with Crippen molar-refractivity contribution in [1.29, 1.82) is 0 Å². The third-order valence-corrected chi connectivity index (χ3v) is 4.53. The number of aryl methyl sites for hydroxylation is 1. The molecule has 1 aromatic heterocycles. The number of carbonyl (C=O) groups is 1. The Balaban J connectivity index is 1.76. The van der Waals surface area contributed by atoms with Gasteiger partial charge in [-0.2, -0.15) is 0 Å². The van der Waals surface area contributed by atoms with Crippen LogP contribution in [0.2, 0.25) is 0 Å². The van der Waals surface area contributed by atoms with E-state index in [1.54, 1.807) is 12.0 Å². The molecule has 1 heterocycles.